The van der Waals surface area contributed by atoms with Gasteiger partial charge < -0.3 is 9.84 Å². The summed E-state index contributed by atoms with van der Waals surface area (Å²) in [5.74, 6) is 0.726. The molecule has 1 saturated carbocycles. The topological polar surface area (TPSA) is 29.5 Å². The summed E-state index contributed by atoms with van der Waals surface area (Å²) in [4.78, 5) is 0. The first-order valence-electron chi connectivity index (χ1n) is 8.58. The SMILES string of the molecule is C=CC/C=C/CCO.C=CC[C@@H]1CCC[C@H]1Cl.Cl[C@@H]1CCO[C@H]1Cl. The number of ether oxygens (including phenoxy) is 1. The van der Waals surface area contributed by atoms with E-state index in [4.69, 9.17) is 44.6 Å². The van der Waals surface area contributed by atoms with Gasteiger partial charge in [-0.25, -0.2) is 0 Å². The van der Waals surface area contributed by atoms with Gasteiger partial charge in [0.05, 0.1) is 12.0 Å². The van der Waals surface area contributed by atoms with Gasteiger partial charge in [0, 0.05) is 12.0 Å². The smallest absolute Gasteiger partial charge is 0.147 e. The lowest BCUT2D eigenvalue weighted by Crippen LogP contribution is -2.05. The standard InChI is InChI=1S/C8H13Cl.C7H12O.C4H6Cl2O/c1-2-4-7-5-3-6-8(7)9;1-2-3-4-5-6-7-8;5-3-1-2-7-4(3)6/h2,7-8H,1,3-6H2;2,4-5,8H,1,3,6-7H2;3-4H,1-2H2/b;5-4+;/t7-,8-;;3-,4-/m1.1/s1. The molecule has 2 nitrogen and oxygen atoms in total. The fourth-order valence-electron chi connectivity index (χ4n) is 2.38. The molecule has 1 saturated heterocycles. The predicted molar refractivity (Wildman–Crippen MR) is 107 cm³/mol. The Kier molecular flexibility index (Phi) is 16.5. The Labute approximate surface area is 162 Å². The molecule has 0 aromatic heterocycles. The summed E-state index contributed by atoms with van der Waals surface area (Å²) in [5, 5.41) is 8.75. The van der Waals surface area contributed by atoms with Gasteiger partial charge in [0.15, 0.2) is 0 Å². The molecule has 24 heavy (non-hydrogen) atoms. The molecule has 0 amide bonds. The monoisotopic (exact) mass is 396 g/mol. The average Bonchev–Trinajstić information content (AvgIpc) is 3.15. The Morgan fingerprint density at radius 1 is 1.00 bits per heavy atom. The molecule has 1 aliphatic carbocycles. The minimum Gasteiger partial charge on any atom is -0.396 e. The molecule has 0 unspecified atom stereocenters. The fraction of sp³-hybridized carbons (Fsp3) is 0.684. The molecule has 1 N–H and O–H groups in total. The van der Waals surface area contributed by atoms with E-state index in [0.29, 0.717) is 12.0 Å². The number of aliphatic hydroxyl groups excluding tert-OH is 1. The molecular weight excluding hydrogens is 367 g/mol. The minimum atomic E-state index is -0.248. The maximum atomic E-state index is 8.29. The predicted octanol–water partition coefficient (Wildman–Crippen LogP) is 6.05. The van der Waals surface area contributed by atoms with Crippen LogP contribution in [-0.4, -0.2) is 34.6 Å². The van der Waals surface area contributed by atoms with Gasteiger partial charge in [-0.15, -0.1) is 36.4 Å². The van der Waals surface area contributed by atoms with Gasteiger partial charge in [-0.2, -0.15) is 0 Å². The Morgan fingerprint density at radius 2 is 1.75 bits per heavy atom. The first-order chi connectivity index (χ1) is 11.6. The third-order valence-electron chi connectivity index (χ3n) is 3.76. The zero-order valence-corrected chi connectivity index (χ0v) is 16.7. The number of allylic oxidation sites excluding steroid dienone is 3. The Balaban J connectivity index is 0.000000333. The highest BCUT2D eigenvalue weighted by Crippen LogP contribution is 2.32. The van der Waals surface area contributed by atoms with Crippen LogP contribution in [0.25, 0.3) is 0 Å². The molecule has 1 aliphatic heterocycles. The van der Waals surface area contributed by atoms with Crippen LogP contribution in [0.4, 0.5) is 0 Å². The molecular formula is C19H31Cl3O2. The van der Waals surface area contributed by atoms with Crippen molar-refractivity contribution in [2.24, 2.45) is 5.92 Å². The van der Waals surface area contributed by atoms with Crippen LogP contribution in [0.5, 0.6) is 0 Å². The highest BCUT2D eigenvalue weighted by atomic mass is 35.5. The van der Waals surface area contributed by atoms with Crippen molar-refractivity contribution in [1.29, 1.82) is 0 Å². The van der Waals surface area contributed by atoms with Crippen LogP contribution >= 0.6 is 34.8 Å². The summed E-state index contributed by atoms with van der Waals surface area (Å²) in [6.45, 7) is 8.20. The van der Waals surface area contributed by atoms with Gasteiger partial charge in [0.25, 0.3) is 0 Å². The number of hydrogen-bond donors (Lipinski definition) is 1. The summed E-state index contributed by atoms with van der Waals surface area (Å²) >= 11 is 17.1. The van der Waals surface area contributed by atoms with E-state index in [1.54, 1.807) is 0 Å². The van der Waals surface area contributed by atoms with Crippen LogP contribution in [0.2, 0.25) is 0 Å². The van der Waals surface area contributed by atoms with E-state index < -0.39 is 0 Å². The number of halogens is 3. The van der Waals surface area contributed by atoms with Gasteiger partial charge in [-0.3, -0.25) is 0 Å². The zero-order chi connectivity index (χ0) is 18.2. The summed E-state index contributed by atoms with van der Waals surface area (Å²) in [7, 11) is 0. The second kappa shape index (κ2) is 16.5. The molecule has 4 atom stereocenters. The second-order valence-electron chi connectivity index (χ2n) is 5.77. The molecule has 5 heteroatoms. The first kappa shape index (κ1) is 24.0. The highest BCUT2D eigenvalue weighted by molar-refractivity contribution is 6.29. The van der Waals surface area contributed by atoms with Gasteiger partial charge in [-0.1, -0.05) is 42.3 Å². The molecule has 2 fully saturated rings. The van der Waals surface area contributed by atoms with Crippen LogP contribution in [-0.2, 0) is 4.74 Å². The number of hydrogen-bond acceptors (Lipinski definition) is 2. The molecule has 0 aromatic carbocycles. The van der Waals surface area contributed by atoms with Crippen LogP contribution < -0.4 is 0 Å². The first-order valence-corrected chi connectivity index (χ1v) is 9.89. The maximum Gasteiger partial charge on any atom is 0.147 e. The lowest BCUT2D eigenvalue weighted by atomic mass is 10.0. The van der Waals surface area contributed by atoms with Crippen molar-refractivity contribution < 1.29 is 9.84 Å². The Bertz CT molecular complexity index is 340. The molecule has 140 valence electrons. The van der Waals surface area contributed by atoms with Crippen molar-refractivity contribution in [2.45, 2.75) is 61.3 Å². The Hall–Kier alpha value is 0.01000. The quantitative estimate of drug-likeness (QED) is 0.436. The van der Waals surface area contributed by atoms with E-state index in [0.717, 1.165) is 31.6 Å². The van der Waals surface area contributed by atoms with E-state index in [9.17, 15) is 0 Å². The normalized spacial score (nSPS) is 28.7. The lowest BCUT2D eigenvalue weighted by molar-refractivity contribution is 0.169. The molecule has 0 radical (unpaired) electrons. The molecule has 0 bridgehead atoms. The minimum absolute atomic E-state index is 0.0293. The number of aliphatic hydroxyl groups is 1. The summed E-state index contributed by atoms with van der Waals surface area (Å²) in [6, 6.07) is 0. The van der Waals surface area contributed by atoms with Crippen molar-refractivity contribution in [3.63, 3.8) is 0 Å². The van der Waals surface area contributed by atoms with Crippen molar-refractivity contribution >= 4 is 34.8 Å². The van der Waals surface area contributed by atoms with Crippen LogP contribution in [0.15, 0.2) is 37.5 Å². The average molecular weight is 398 g/mol. The van der Waals surface area contributed by atoms with Crippen molar-refractivity contribution in [3.8, 4) is 0 Å². The largest absolute Gasteiger partial charge is 0.396 e. The highest BCUT2D eigenvalue weighted by Gasteiger charge is 2.23. The summed E-state index contributed by atoms with van der Waals surface area (Å²) < 4.78 is 4.90. The molecule has 2 aliphatic rings. The molecule has 1 heterocycles. The van der Waals surface area contributed by atoms with E-state index >= 15 is 0 Å². The van der Waals surface area contributed by atoms with Crippen LogP contribution in [0, 0.1) is 5.92 Å². The zero-order valence-electron chi connectivity index (χ0n) is 14.4. The lowest BCUT2D eigenvalue weighted by Gasteiger charge is -2.08. The van der Waals surface area contributed by atoms with Gasteiger partial charge in [-0.05, 0) is 44.4 Å². The van der Waals surface area contributed by atoms with E-state index in [1.807, 2.05) is 24.3 Å². The number of alkyl halides is 3. The molecule has 0 aromatic rings. The van der Waals surface area contributed by atoms with E-state index in [2.05, 4.69) is 13.2 Å². The van der Waals surface area contributed by atoms with Crippen molar-refractivity contribution in [2.75, 3.05) is 13.2 Å². The molecule has 2 rings (SSSR count). The third kappa shape index (κ3) is 12.4. The van der Waals surface area contributed by atoms with Gasteiger partial charge in [0.2, 0.25) is 0 Å². The molecule has 0 spiro atoms. The van der Waals surface area contributed by atoms with Crippen LogP contribution in [0.1, 0.15) is 44.9 Å². The van der Waals surface area contributed by atoms with Crippen molar-refractivity contribution in [3.05, 3.63) is 37.5 Å². The van der Waals surface area contributed by atoms with E-state index in [1.165, 1.54) is 19.3 Å². The van der Waals surface area contributed by atoms with Crippen LogP contribution in [0.3, 0.4) is 0 Å². The van der Waals surface area contributed by atoms with Gasteiger partial charge >= 0.3 is 0 Å². The maximum absolute atomic E-state index is 8.29. The summed E-state index contributed by atoms with van der Waals surface area (Å²) in [5.41, 5.74) is -0.248. The Morgan fingerprint density at radius 3 is 2.12 bits per heavy atom. The van der Waals surface area contributed by atoms with Crippen molar-refractivity contribution in [1.82, 2.24) is 0 Å². The third-order valence-corrected chi connectivity index (χ3v) is 5.34. The second-order valence-corrected chi connectivity index (χ2v) is 7.32. The number of rotatable bonds is 6. The van der Waals surface area contributed by atoms with E-state index in [-0.39, 0.29) is 17.5 Å². The van der Waals surface area contributed by atoms with Gasteiger partial charge in [0.1, 0.15) is 5.56 Å². The summed E-state index contributed by atoms with van der Waals surface area (Å²) in [6.07, 6.45) is 15.2. The fourth-order valence-corrected chi connectivity index (χ4v) is 3.14.